The highest BCUT2D eigenvalue weighted by atomic mass is 14.9. The first-order valence-electron chi connectivity index (χ1n) is 23.7. The van der Waals surface area contributed by atoms with Crippen LogP contribution in [0.25, 0.3) is 100.0 Å². The lowest BCUT2D eigenvalue weighted by atomic mass is 9.67. The van der Waals surface area contributed by atoms with Crippen LogP contribution in [0.1, 0.15) is 22.3 Å². The molecular formula is C67H44N2. The molecule has 322 valence electrons. The number of hydrogen-bond acceptors (Lipinski definition) is 2. The minimum atomic E-state index is -0.464. The number of benzene rings is 11. The van der Waals surface area contributed by atoms with Crippen molar-refractivity contribution in [2.24, 2.45) is 0 Å². The second kappa shape index (κ2) is 16.7. The van der Waals surface area contributed by atoms with Crippen molar-refractivity contribution in [1.82, 2.24) is 9.97 Å². The van der Waals surface area contributed by atoms with E-state index in [9.17, 15) is 0 Å². The first-order chi connectivity index (χ1) is 34.2. The summed E-state index contributed by atoms with van der Waals surface area (Å²) in [6.45, 7) is 0. The van der Waals surface area contributed by atoms with E-state index in [1.807, 2.05) is 0 Å². The summed E-state index contributed by atoms with van der Waals surface area (Å²) in [4.78, 5) is 10.7. The van der Waals surface area contributed by atoms with E-state index in [1.54, 1.807) is 0 Å². The van der Waals surface area contributed by atoms with Gasteiger partial charge in [0, 0.05) is 16.7 Å². The third kappa shape index (κ3) is 6.80. The number of aromatic nitrogens is 2. The van der Waals surface area contributed by atoms with Crippen molar-refractivity contribution in [3.63, 3.8) is 0 Å². The summed E-state index contributed by atoms with van der Waals surface area (Å²) in [7, 11) is 0. The Kier molecular flexibility index (Phi) is 9.77. The van der Waals surface area contributed by atoms with E-state index in [0.29, 0.717) is 5.82 Å². The molecule has 1 aliphatic rings. The summed E-state index contributed by atoms with van der Waals surface area (Å²) in [5.74, 6) is 0.692. The molecule has 1 aromatic heterocycles. The third-order valence-electron chi connectivity index (χ3n) is 14.2. The van der Waals surface area contributed by atoms with Crippen LogP contribution in [-0.4, -0.2) is 9.97 Å². The van der Waals surface area contributed by atoms with Crippen LogP contribution in [0.2, 0.25) is 0 Å². The lowest BCUT2D eigenvalue weighted by Crippen LogP contribution is -2.28. The summed E-state index contributed by atoms with van der Waals surface area (Å²) >= 11 is 0. The van der Waals surface area contributed by atoms with Gasteiger partial charge in [-0.1, -0.05) is 249 Å². The van der Waals surface area contributed by atoms with Crippen molar-refractivity contribution >= 4 is 21.5 Å². The van der Waals surface area contributed by atoms with Crippen molar-refractivity contribution in [1.29, 1.82) is 0 Å². The van der Waals surface area contributed by atoms with Crippen molar-refractivity contribution in [2.45, 2.75) is 5.41 Å². The molecule has 0 bridgehead atoms. The zero-order chi connectivity index (χ0) is 45.7. The summed E-state index contributed by atoms with van der Waals surface area (Å²) in [6.07, 6.45) is 0. The predicted octanol–water partition coefficient (Wildman–Crippen LogP) is 17.1. The summed E-state index contributed by atoms with van der Waals surface area (Å²) < 4.78 is 0. The second-order valence-corrected chi connectivity index (χ2v) is 18.0. The fourth-order valence-corrected chi connectivity index (χ4v) is 11.0. The number of fused-ring (bicyclic) bond motifs is 5. The molecule has 0 atom stereocenters. The second-order valence-electron chi connectivity index (χ2n) is 18.0. The van der Waals surface area contributed by atoms with Gasteiger partial charge in [-0.25, -0.2) is 9.97 Å². The standard InChI is InChI=1S/C67H44N2/c1-4-18-45(19-5-1)46-34-36-48(37-35-46)66-68-64(60-32-17-21-47-20-10-11-28-54(47)60)44-65(69-66)61-41-40-55(56-29-12-13-30-57(56)61)51-23-16-22-49(42-51)50-38-39-59-58-31-14-15-33-62(58)67(63(59)43-50,52-24-6-2-7-25-52)53-26-8-3-9-27-53/h1-44H. The normalized spacial score (nSPS) is 12.5. The zero-order valence-corrected chi connectivity index (χ0v) is 37.8. The highest BCUT2D eigenvalue weighted by molar-refractivity contribution is 6.05. The lowest BCUT2D eigenvalue weighted by Gasteiger charge is -2.34. The summed E-state index contributed by atoms with van der Waals surface area (Å²) in [5.41, 5.74) is 19.2. The van der Waals surface area contributed by atoms with Crippen molar-refractivity contribution in [2.75, 3.05) is 0 Å². The molecule has 0 unspecified atom stereocenters. The van der Waals surface area contributed by atoms with Crippen LogP contribution in [0.4, 0.5) is 0 Å². The molecule has 0 N–H and O–H groups in total. The van der Waals surface area contributed by atoms with Crippen molar-refractivity contribution in [3.05, 3.63) is 289 Å². The van der Waals surface area contributed by atoms with Gasteiger partial charge in [-0.2, -0.15) is 0 Å². The smallest absolute Gasteiger partial charge is 0.160 e. The first-order valence-corrected chi connectivity index (χ1v) is 23.7. The minimum absolute atomic E-state index is 0.464. The maximum atomic E-state index is 5.38. The molecule has 0 fully saturated rings. The topological polar surface area (TPSA) is 25.8 Å². The number of hydrogen-bond donors (Lipinski definition) is 0. The van der Waals surface area contributed by atoms with E-state index in [-0.39, 0.29) is 0 Å². The Bertz CT molecular complexity index is 3830. The van der Waals surface area contributed by atoms with Crippen molar-refractivity contribution < 1.29 is 0 Å². The largest absolute Gasteiger partial charge is 0.228 e. The van der Waals surface area contributed by atoms with Crippen LogP contribution in [0.5, 0.6) is 0 Å². The van der Waals surface area contributed by atoms with Crippen LogP contribution in [0.15, 0.2) is 267 Å². The number of nitrogens with zero attached hydrogens (tertiary/aromatic N) is 2. The fraction of sp³-hybridized carbons (Fsp3) is 0.0149. The third-order valence-corrected chi connectivity index (χ3v) is 14.2. The average Bonchev–Trinajstić information content (AvgIpc) is 3.73. The highest BCUT2D eigenvalue weighted by Crippen LogP contribution is 2.56. The Labute approximate surface area is 402 Å². The van der Waals surface area contributed by atoms with E-state index in [2.05, 4.69) is 267 Å². The predicted molar refractivity (Wildman–Crippen MR) is 287 cm³/mol. The quantitative estimate of drug-likeness (QED) is 0.152. The maximum absolute atomic E-state index is 5.38. The Morgan fingerprint density at radius 1 is 0.246 bits per heavy atom. The molecule has 2 nitrogen and oxygen atoms in total. The molecule has 0 spiro atoms. The van der Waals surface area contributed by atoms with Gasteiger partial charge in [0.05, 0.1) is 16.8 Å². The molecule has 0 saturated carbocycles. The van der Waals surface area contributed by atoms with Gasteiger partial charge in [-0.05, 0) is 107 Å². The molecule has 69 heavy (non-hydrogen) atoms. The minimum Gasteiger partial charge on any atom is -0.228 e. The number of rotatable bonds is 8. The van der Waals surface area contributed by atoms with Crippen LogP contribution < -0.4 is 0 Å². The van der Waals surface area contributed by atoms with Crippen LogP contribution >= 0.6 is 0 Å². The molecule has 0 aliphatic heterocycles. The molecule has 12 aromatic rings. The van der Waals surface area contributed by atoms with Gasteiger partial charge < -0.3 is 0 Å². The van der Waals surface area contributed by atoms with E-state index in [4.69, 9.17) is 9.97 Å². The summed E-state index contributed by atoms with van der Waals surface area (Å²) in [5, 5.41) is 4.65. The molecule has 1 aliphatic carbocycles. The van der Waals surface area contributed by atoms with Gasteiger partial charge in [-0.3, -0.25) is 0 Å². The molecule has 11 aromatic carbocycles. The zero-order valence-electron chi connectivity index (χ0n) is 37.8. The molecule has 2 heteroatoms. The van der Waals surface area contributed by atoms with Gasteiger partial charge in [0.25, 0.3) is 0 Å². The van der Waals surface area contributed by atoms with E-state index in [0.717, 1.165) is 50.0 Å². The van der Waals surface area contributed by atoms with Crippen LogP contribution in [0, 0.1) is 0 Å². The molecule has 0 radical (unpaired) electrons. The van der Waals surface area contributed by atoms with Crippen LogP contribution in [0.3, 0.4) is 0 Å². The van der Waals surface area contributed by atoms with Gasteiger partial charge in [0.2, 0.25) is 0 Å². The molecular weight excluding hydrogens is 833 g/mol. The van der Waals surface area contributed by atoms with Gasteiger partial charge in [-0.15, -0.1) is 0 Å². The lowest BCUT2D eigenvalue weighted by molar-refractivity contribution is 0.769. The average molecular weight is 877 g/mol. The van der Waals surface area contributed by atoms with Crippen molar-refractivity contribution in [3.8, 4) is 78.4 Å². The van der Waals surface area contributed by atoms with E-state index in [1.165, 1.54) is 66.4 Å². The Hall–Kier alpha value is -8.98. The molecule has 13 rings (SSSR count). The maximum Gasteiger partial charge on any atom is 0.160 e. The van der Waals surface area contributed by atoms with Gasteiger partial charge >= 0.3 is 0 Å². The Morgan fingerprint density at radius 3 is 1.43 bits per heavy atom. The summed E-state index contributed by atoms with van der Waals surface area (Å²) in [6, 6.07) is 96.7. The van der Waals surface area contributed by atoms with Gasteiger partial charge in [0.15, 0.2) is 5.82 Å². The van der Waals surface area contributed by atoms with Crippen LogP contribution in [-0.2, 0) is 5.41 Å². The molecule has 0 amide bonds. The highest BCUT2D eigenvalue weighted by Gasteiger charge is 2.46. The van der Waals surface area contributed by atoms with E-state index < -0.39 is 5.41 Å². The first kappa shape index (κ1) is 40.3. The SMILES string of the molecule is c1ccc(-c2ccc(-c3nc(-c4cccc5ccccc45)cc(-c4ccc(-c5cccc(-c6ccc7c(c6)C(c6ccccc6)(c6ccccc6)c6ccccc6-7)c5)c5ccccc45)n3)cc2)cc1. The monoisotopic (exact) mass is 876 g/mol. The molecule has 1 heterocycles. The van der Waals surface area contributed by atoms with E-state index >= 15 is 0 Å². The Morgan fingerprint density at radius 2 is 0.696 bits per heavy atom. The van der Waals surface area contributed by atoms with Gasteiger partial charge in [0.1, 0.15) is 0 Å². The molecule has 0 saturated heterocycles. The fourth-order valence-electron chi connectivity index (χ4n) is 11.0. The Balaban J connectivity index is 0.938.